The molecule has 0 fully saturated rings. The number of benzene rings is 1. The highest BCUT2D eigenvalue weighted by atomic mass is 32.2. The van der Waals surface area contributed by atoms with E-state index in [1.165, 1.54) is 4.90 Å². The predicted molar refractivity (Wildman–Crippen MR) is 88.3 cm³/mol. The minimum absolute atomic E-state index is 0.0218. The van der Waals surface area contributed by atoms with Crippen molar-refractivity contribution in [3.63, 3.8) is 0 Å². The zero-order valence-corrected chi connectivity index (χ0v) is 13.1. The highest BCUT2D eigenvalue weighted by Crippen LogP contribution is 2.25. The molecule has 1 rings (SSSR count). The van der Waals surface area contributed by atoms with Crippen molar-refractivity contribution in [1.29, 1.82) is 5.26 Å². The van der Waals surface area contributed by atoms with Crippen LogP contribution in [0.1, 0.15) is 26.7 Å². The van der Waals surface area contributed by atoms with E-state index in [9.17, 15) is 0 Å². The van der Waals surface area contributed by atoms with Crippen molar-refractivity contribution in [3.05, 3.63) is 54.5 Å². The first-order valence-corrected chi connectivity index (χ1v) is 7.96. The minimum Gasteiger partial charge on any atom is -0.198 e. The first-order chi connectivity index (χ1) is 9.67. The molecule has 0 spiro atoms. The Morgan fingerprint density at radius 1 is 1.25 bits per heavy atom. The van der Waals surface area contributed by atoms with Crippen molar-refractivity contribution in [1.82, 2.24) is 0 Å². The van der Waals surface area contributed by atoms with Crippen LogP contribution in [-0.2, 0) is 0 Å². The normalized spacial score (nSPS) is 14.1. The monoisotopic (exact) mass is 285 g/mol. The lowest BCUT2D eigenvalue weighted by Gasteiger charge is -2.17. The van der Waals surface area contributed by atoms with Gasteiger partial charge in [-0.25, -0.2) is 0 Å². The number of rotatable bonds is 8. The number of nitrogens with zero attached hydrogens (tertiary/aromatic N) is 1. The predicted octanol–water partition coefficient (Wildman–Crippen LogP) is 5.67. The van der Waals surface area contributed by atoms with Crippen molar-refractivity contribution >= 4 is 11.8 Å². The summed E-state index contributed by atoms with van der Waals surface area (Å²) in [5.74, 6) is 1.08. The van der Waals surface area contributed by atoms with Crippen LogP contribution in [0.15, 0.2) is 59.4 Å². The smallest absolute Gasteiger partial charge is 0.0697 e. The van der Waals surface area contributed by atoms with Gasteiger partial charge in [0, 0.05) is 4.90 Å². The molecule has 0 bridgehead atoms. The van der Waals surface area contributed by atoms with E-state index in [0.717, 1.165) is 12.8 Å². The van der Waals surface area contributed by atoms with E-state index in [0.29, 0.717) is 11.8 Å². The molecule has 0 radical (unpaired) electrons. The standard InChI is InChI=1S/C18H23NS/c1-4-16(14-19)10-11-17(15(2)3)12-13-20-18-8-6-5-7-9-18/h4-9,12-13,15-17H,1,10-11H2,2-3H3/b13-12+/t16-,17-/m1/s1. The van der Waals surface area contributed by atoms with Gasteiger partial charge in [0.15, 0.2) is 0 Å². The third-order valence-electron chi connectivity index (χ3n) is 3.39. The highest BCUT2D eigenvalue weighted by Gasteiger charge is 2.12. The van der Waals surface area contributed by atoms with Gasteiger partial charge >= 0.3 is 0 Å². The zero-order valence-electron chi connectivity index (χ0n) is 12.3. The van der Waals surface area contributed by atoms with Gasteiger partial charge in [-0.3, -0.25) is 0 Å². The molecule has 106 valence electrons. The largest absolute Gasteiger partial charge is 0.198 e. The topological polar surface area (TPSA) is 23.8 Å². The molecule has 0 heterocycles. The van der Waals surface area contributed by atoms with Gasteiger partial charge in [0.25, 0.3) is 0 Å². The lowest BCUT2D eigenvalue weighted by molar-refractivity contribution is 0.414. The van der Waals surface area contributed by atoms with E-state index in [1.54, 1.807) is 17.8 Å². The van der Waals surface area contributed by atoms with Crippen LogP contribution in [0.4, 0.5) is 0 Å². The summed E-state index contributed by atoms with van der Waals surface area (Å²) < 4.78 is 0. The molecule has 0 aliphatic heterocycles. The Morgan fingerprint density at radius 3 is 2.50 bits per heavy atom. The number of hydrogen-bond acceptors (Lipinski definition) is 2. The molecule has 0 amide bonds. The molecule has 1 aromatic carbocycles. The van der Waals surface area contributed by atoms with Gasteiger partial charge < -0.3 is 0 Å². The van der Waals surface area contributed by atoms with E-state index in [2.05, 4.69) is 62.2 Å². The molecular weight excluding hydrogens is 262 g/mol. The molecule has 0 aliphatic carbocycles. The molecule has 0 unspecified atom stereocenters. The van der Waals surface area contributed by atoms with Crippen molar-refractivity contribution in [2.45, 2.75) is 31.6 Å². The van der Waals surface area contributed by atoms with E-state index in [-0.39, 0.29) is 5.92 Å². The minimum atomic E-state index is -0.0218. The molecule has 0 aliphatic rings. The summed E-state index contributed by atoms with van der Waals surface area (Å²) in [5.41, 5.74) is 0. The first-order valence-electron chi connectivity index (χ1n) is 7.08. The van der Waals surface area contributed by atoms with Gasteiger partial charge in [-0.15, -0.1) is 6.58 Å². The number of nitriles is 1. The summed E-state index contributed by atoms with van der Waals surface area (Å²) >= 11 is 1.75. The van der Waals surface area contributed by atoms with Crippen molar-refractivity contribution in [2.75, 3.05) is 0 Å². The van der Waals surface area contributed by atoms with E-state index >= 15 is 0 Å². The maximum absolute atomic E-state index is 8.96. The van der Waals surface area contributed by atoms with Crippen LogP contribution in [0.3, 0.4) is 0 Å². The van der Waals surface area contributed by atoms with Gasteiger partial charge in [0.1, 0.15) is 0 Å². The Kier molecular flexibility index (Phi) is 7.84. The van der Waals surface area contributed by atoms with Gasteiger partial charge in [-0.2, -0.15) is 5.26 Å². The van der Waals surface area contributed by atoms with Gasteiger partial charge in [-0.05, 0) is 42.2 Å². The van der Waals surface area contributed by atoms with Crippen LogP contribution in [0.2, 0.25) is 0 Å². The molecule has 0 N–H and O–H groups in total. The van der Waals surface area contributed by atoms with Crippen molar-refractivity contribution in [2.24, 2.45) is 17.8 Å². The quantitative estimate of drug-likeness (QED) is 0.454. The lowest BCUT2D eigenvalue weighted by atomic mass is 9.88. The maximum Gasteiger partial charge on any atom is 0.0697 e. The van der Waals surface area contributed by atoms with Gasteiger partial charge in [0.05, 0.1) is 12.0 Å². The molecule has 0 saturated carbocycles. The SMILES string of the molecule is C=C[C@@H](C#N)CC[C@H](/C=C/Sc1ccccc1)C(C)C. The fourth-order valence-corrected chi connectivity index (χ4v) is 2.73. The molecule has 0 aromatic heterocycles. The molecule has 1 nitrogen and oxygen atoms in total. The zero-order chi connectivity index (χ0) is 14.8. The highest BCUT2D eigenvalue weighted by molar-refractivity contribution is 8.02. The summed E-state index contributed by atoms with van der Waals surface area (Å²) in [6, 6.07) is 12.6. The molecule has 0 saturated heterocycles. The second kappa shape index (κ2) is 9.44. The summed E-state index contributed by atoms with van der Waals surface area (Å²) in [7, 11) is 0. The summed E-state index contributed by atoms with van der Waals surface area (Å²) in [5, 5.41) is 11.1. The first kappa shape index (κ1) is 16.6. The number of hydrogen-bond donors (Lipinski definition) is 0. The number of allylic oxidation sites excluding steroid dienone is 2. The van der Waals surface area contributed by atoms with Crippen LogP contribution >= 0.6 is 11.8 Å². The average molecular weight is 285 g/mol. The molecule has 2 heteroatoms. The number of thioether (sulfide) groups is 1. The van der Waals surface area contributed by atoms with Crippen LogP contribution in [0, 0.1) is 29.1 Å². The molecule has 2 atom stereocenters. The van der Waals surface area contributed by atoms with Crippen LogP contribution in [-0.4, -0.2) is 0 Å². The fraction of sp³-hybridized carbons (Fsp3) is 0.389. The van der Waals surface area contributed by atoms with Gasteiger partial charge in [-0.1, -0.05) is 56.0 Å². The second-order valence-electron chi connectivity index (χ2n) is 5.22. The fourth-order valence-electron chi connectivity index (χ4n) is 1.98. The average Bonchev–Trinajstić information content (AvgIpc) is 2.47. The van der Waals surface area contributed by atoms with Crippen LogP contribution < -0.4 is 0 Å². The second-order valence-corrected chi connectivity index (χ2v) is 6.20. The van der Waals surface area contributed by atoms with Crippen molar-refractivity contribution < 1.29 is 0 Å². The Morgan fingerprint density at radius 2 is 1.95 bits per heavy atom. The summed E-state index contributed by atoms with van der Waals surface area (Å²) in [6.45, 7) is 8.18. The molecule has 20 heavy (non-hydrogen) atoms. The van der Waals surface area contributed by atoms with Crippen LogP contribution in [0.5, 0.6) is 0 Å². The van der Waals surface area contributed by atoms with Crippen LogP contribution in [0.25, 0.3) is 0 Å². The molecular formula is C18H23NS. The third kappa shape index (κ3) is 6.12. The van der Waals surface area contributed by atoms with E-state index < -0.39 is 0 Å². The van der Waals surface area contributed by atoms with Gasteiger partial charge in [0.2, 0.25) is 0 Å². The summed E-state index contributed by atoms with van der Waals surface area (Å²) in [6.07, 6.45) is 5.95. The maximum atomic E-state index is 8.96. The Bertz CT molecular complexity index is 456. The Hall–Kier alpha value is -1.46. The van der Waals surface area contributed by atoms with Crippen molar-refractivity contribution in [3.8, 4) is 6.07 Å². The van der Waals surface area contributed by atoms with E-state index in [4.69, 9.17) is 5.26 Å². The summed E-state index contributed by atoms with van der Waals surface area (Å²) in [4.78, 5) is 1.26. The van der Waals surface area contributed by atoms with E-state index in [1.807, 2.05) is 6.07 Å². The molecule has 1 aromatic rings. The lowest BCUT2D eigenvalue weighted by Crippen LogP contribution is -2.07. The Balaban J connectivity index is 2.50. The Labute approximate surface area is 127 Å². The third-order valence-corrected chi connectivity index (χ3v) is 4.23.